The average Bonchev–Trinajstić information content (AvgIpc) is 2.72. The standard InChI is InChI=1S/C21H20N2O5S/c22-29(25,26)20-8-4-7-17(13-20)23-21(24)15-28-19-11-9-18(10-12-19)27-14-16-5-2-1-3-6-16/h1-13H,14-15H2,(H,23,24)(H2,22,25,26). The Morgan fingerprint density at radius 3 is 2.17 bits per heavy atom. The summed E-state index contributed by atoms with van der Waals surface area (Å²) < 4.78 is 33.9. The van der Waals surface area contributed by atoms with Crippen LogP contribution in [0.15, 0.2) is 83.8 Å². The molecular weight excluding hydrogens is 392 g/mol. The molecule has 0 fully saturated rings. The van der Waals surface area contributed by atoms with Crippen molar-refractivity contribution < 1.29 is 22.7 Å². The van der Waals surface area contributed by atoms with Gasteiger partial charge in [-0.15, -0.1) is 0 Å². The predicted molar refractivity (Wildman–Crippen MR) is 109 cm³/mol. The first-order valence-corrected chi connectivity index (χ1v) is 10.3. The molecule has 7 nitrogen and oxygen atoms in total. The number of hydrogen-bond acceptors (Lipinski definition) is 5. The van der Waals surface area contributed by atoms with E-state index in [1.165, 1.54) is 18.2 Å². The highest BCUT2D eigenvalue weighted by Crippen LogP contribution is 2.19. The van der Waals surface area contributed by atoms with Crippen molar-refractivity contribution in [3.05, 3.63) is 84.4 Å². The summed E-state index contributed by atoms with van der Waals surface area (Å²) in [6, 6.07) is 22.4. The van der Waals surface area contributed by atoms with Gasteiger partial charge in [0.15, 0.2) is 6.61 Å². The largest absolute Gasteiger partial charge is 0.489 e. The summed E-state index contributed by atoms with van der Waals surface area (Å²) in [4.78, 5) is 12.0. The van der Waals surface area contributed by atoms with E-state index in [9.17, 15) is 13.2 Å². The van der Waals surface area contributed by atoms with Gasteiger partial charge in [0.1, 0.15) is 18.1 Å². The molecular formula is C21H20N2O5S. The van der Waals surface area contributed by atoms with Crippen molar-refractivity contribution in [1.29, 1.82) is 0 Å². The van der Waals surface area contributed by atoms with Gasteiger partial charge < -0.3 is 14.8 Å². The molecule has 3 aromatic rings. The maximum Gasteiger partial charge on any atom is 0.262 e. The maximum absolute atomic E-state index is 12.0. The fourth-order valence-electron chi connectivity index (χ4n) is 2.47. The molecule has 0 saturated carbocycles. The molecule has 0 atom stereocenters. The Bertz CT molecular complexity index is 1070. The smallest absolute Gasteiger partial charge is 0.262 e. The molecule has 0 aliphatic carbocycles. The summed E-state index contributed by atoms with van der Waals surface area (Å²) >= 11 is 0. The van der Waals surface area contributed by atoms with Crippen LogP contribution < -0.4 is 19.9 Å². The van der Waals surface area contributed by atoms with Gasteiger partial charge in [-0.3, -0.25) is 4.79 Å². The number of nitrogens with two attached hydrogens (primary N) is 1. The van der Waals surface area contributed by atoms with Crippen LogP contribution in [-0.2, 0) is 21.4 Å². The van der Waals surface area contributed by atoms with Gasteiger partial charge in [0.25, 0.3) is 5.91 Å². The summed E-state index contributed by atoms with van der Waals surface area (Å²) in [6.45, 7) is 0.227. The van der Waals surface area contributed by atoms with E-state index in [4.69, 9.17) is 14.6 Å². The molecule has 29 heavy (non-hydrogen) atoms. The van der Waals surface area contributed by atoms with Gasteiger partial charge in [0, 0.05) is 5.69 Å². The zero-order chi connectivity index (χ0) is 20.7. The quantitative estimate of drug-likeness (QED) is 0.591. The SMILES string of the molecule is NS(=O)(=O)c1cccc(NC(=O)COc2ccc(OCc3ccccc3)cc2)c1. The second-order valence-electron chi connectivity index (χ2n) is 6.16. The highest BCUT2D eigenvalue weighted by Gasteiger charge is 2.10. The van der Waals surface area contributed by atoms with Gasteiger partial charge in [-0.2, -0.15) is 0 Å². The van der Waals surface area contributed by atoms with Crippen LogP contribution in [0.2, 0.25) is 0 Å². The lowest BCUT2D eigenvalue weighted by atomic mass is 10.2. The van der Waals surface area contributed by atoms with E-state index in [0.717, 1.165) is 5.56 Å². The van der Waals surface area contributed by atoms with E-state index in [1.54, 1.807) is 30.3 Å². The lowest BCUT2D eigenvalue weighted by molar-refractivity contribution is -0.118. The first-order chi connectivity index (χ1) is 13.9. The first-order valence-electron chi connectivity index (χ1n) is 8.72. The minimum absolute atomic E-state index is 0.0812. The number of amides is 1. The number of sulfonamides is 1. The van der Waals surface area contributed by atoms with Crippen LogP contribution in [0.5, 0.6) is 11.5 Å². The number of primary sulfonamides is 1. The molecule has 0 spiro atoms. The van der Waals surface area contributed by atoms with E-state index >= 15 is 0 Å². The summed E-state index contributed by atoms with van der Waals surface area (Å²) in [6.07, 6.45) is 0. The van der Waals surface area contributed by atoms with Crippen molar-refractivity contribution in [2.75, 3.05) is 11.9 Å². The van der Waals surface area contributed by atoms with E-state index in [2.05, 4.69) is 5.32 Å². The molecule has 0 aliphatic rings. The lowest BCUT2D eigenvalue weighted by Gasteiger charge is -2.10. The Labute approximate surface area is 169 Å². The van der Waals surface area contributed by atoms with Crippen LogP contribution in [0.4, 0.5) is 5.69 Å². The van der Waals surface area contributed by atoms with E-state index in [1.807, 2.05) is 30.3 Å². The third kappa shape index (κ3) is 6.34. The summed E-state index contributed by atoms with van der Waals surface area (Å²) in [5, 5.41) is 7.65. The number of carbonyl (C=O) groups is 1. The topological polar surface area (TPSA) is 108 Å². The molecule has 0 bridgehead atoms. The number of anilines is 1. The van der Waals surface area contributed by atoms with Gasteiger partial charge in [0.05, 0.1) is 4.90 Å². The Hall–Kier alpha value is -3.36. The van der Waals surface area contributed by atoms with Gasteiger partial charge in [-0.05, 0) is 48.0 Å². The third-order valence-electron chi connectivity index (χ3n) is 3.89. The third-order valence-corrected chi connectivity index (χ3v) is 4.80. The average molecular weight is 412 g/mol. The van der Waals surface area contributed by atoms with Gasteiger partial charge >= 0.3 is 0 Å². The second-order valence-corrected chi connectivity index (χ2v) is 7.72. The molecule has 0 aromatic heterocycles. The number of nitrogens with one attached hydrogen (secondary N) is 1. The Morgan fingerprint density at radius 1 is 0.862 bits per heavy atom. The van der Waals surface area contributed by atoms with Crippen LogP contribution in [-0.4, -0.2) is 20.9 Å². The molecule has 0 heterocycles. The van der Waals surface area contributed by atoms with Crippen LogP contribution >= 0.6 is 0 Å². The van der Waals surface area contributed by atoms with Crippen molar-refractivity contribution in [2.45, 2.75) is 11.5 Å². The lowest BCUT2D eigenvalue weighted by Crippen LogP contribution is -2.20. The predicted octanol–water partition coefficient (Wildman–Crippen LogP) is 2.93. The molecule has 8 heteroatoms. The number of ether oxygens (including phenoxy) is 2. The highest BCUT2D eigenvalue weighted by atomic mass is 32.2. The van der Waals surface area contributed by atoms with Gasteiger partial charge in [-0.1, -0.05) is 36.4 Å². The second kappa shape index (κ2) is 9.22. The molecule has 3 N–H and O–H groups in total. The van der Waals surface area contributed by atoms with Crippen LogP contribution in [0.25, 0.3) is 0 Å². The van der Waals surface area contributed by atoms with Gasteiger partial charge in [0.2, 0.25) is 10.0 Å². The number of benzene rings is 3. The minimum Gasteiger partial charge on any atom is -0.489 e. The molecule has 3 aromatic carbocycles. The number of carbonyl (C=O) groups excluding carboxylic acids is 1. The van der Waals surface area contributed by atoms with Crippen molar-refractivity contribution in [3.8, 4) is 11.5 Å². The van der Waals surface area contributed by atoms with Crippen LogP contribution in [0.3, 0.4) is 0 Å². The number of rotatable bonds is 8. The summed E-state index contributed by atoms with van der Waals surface area (Å²) in [7, 11) is -3.84. The summed E-state index contributed by atoms with van der Waals surface area (Å²) in [5.74, 6) is 0.761. The highest BCUT2D eigenvalue weighted by molar-refractivity contribution is 7.89. The maximum atomic E-state index is 12.0. The Morgan fingerprint density at radius 2 is 1.52 bits per heavy atom. The Balaban J connectivity index is 1.49. The molecule has 0 saturated heterocycles. The molecule has 0 unspecified atom stereocenters. The van der Waals surface area contributed by atoms with Crippen LogP contribution in [0, 0.1) is 0 Å². The van der Waals surface area contributed by atoms with E-state index in [-0.39, 0.29) is 11.5 Å². The normalized spacial score (nSPS) is 10.9. The monoisotopic (exact) mass is 412 g/mol. The van der Waals surface area contributed by atoms with Crippen molar-refractivity contribution >= 4 is 21.6 Å². The van der Waals surface area contributed by atoms with Crippen molar-refractivity contribution in [1.82, 2.24) is 0 Å². The minimum atomic E-state index is -3.84. The van der Waals surface area contributed by atoms with Crippen LogP contribution in [0.1, 0.15) is 5.56 Å². The van der Waals surface area contributed by atoms with Crippen molar-refractivity contribution in [3.63, 3.8) is 0 Å². The Kier molecular flexibility index (Phi) is 6.48. The fourth-order valence-corrected chi connectivity index (χ4v) is 3.03. The summed E-state index contributed by atoms with van der Waals surface area (Å²) in [5.41, 5.74) is 1.38. The van der Waals surface area contributed by atoms with Crippen molar-refractivity contribution in [2.24, 2.45) is 5.14 Å². The first kappa shape index (κ1) is 20.4. The molecule has 0 aliphatic heterocycles. The molecule has 3 rings (SSSR count). The van der Waals surface area contributed by atoms with E-state index in [0.29, 0.717) is 23.8 Å². The van der Waals surface area contributed by atoms with Gasteiger partial charge in [-0.25, -0.2) is 13.6 Å². The zero-order valence-corrected chi connectivity index (χ0v) is 16.3. The number of hydrogen-bond donors (Lipinski definition) is 2. The molecule has 0 radical (unpaired) electrons. The molecule has 150 valence electrons. The van der Waals surface area contributed by atoms with E-state index < -0.39 is 15.9 Å². The molecule has 1 amide bonds. The fraction of sp³-hybridized carbons (Fsp3) is 0.0952. The zero-order valence-electron chi connectivity index (χ0n) is 15.4.